The van der Waals surface area contributed by atoms with Crippen molar-refractivity contribution < 1.29 is 26.1 Å². The van der Waals surface area contributed by atoms with Gasteiger partial charge in [-0.1, -0.05) is 0 Å². The summed E-state index contributed by atoms with van der Waals surface area (Å²) in [5.41, 5.74) is 3.91. The summed E-state index contributed by atoms with van der Waals surface area (Å²) in [7, 11) is -8.39. The fourth-order valence-corrected chi connectivity index (χ4v) is 3.09. The van der Waals surface area contributed by atoms with E-state index in [2.05, 4.69) is 5.14 Å². The van der Waals surface area contributed by atoms with Gasteiger partial charge in [0.1, 0.15) is 4.90 Å². The van der Waals surface area contributed by atoms with Gasteiger partial charge in [0.2, 0.25) is 20.0 Å². The zero-order valence-corrected chi connectivity index (χ0v) is 11.9. The Labute approximate surface area is 119 Å². The van der Waals surface area contributed by atoms with E-state index in [-0.39, 0.29) is 0 Å². The monoisotopic (exact) mass is 342 g/mol. The Morgan fingerprint density at radius 2 is 1.86 bits per heavy atom. The molecular weight excluding hydrogens is 331 g/mol. The van der Waals surface area contributed by atoms with Crippen LogP contribution in [0, 0.1) is 15.9 Å². The first-order valence-corrected chi connectivity index (χ1v) is 8.37. The largest absolute Gasteiger partial charge is 0.397 e. The summed E-state index contributed by atoms with van der Waals surface area (Å²) in [5.74, 6) is -2.13. The molecule has 0 fully saturated rings. The molecule has 0 unspecified atom stereocenters. The molecule has 0 heterocycles. The number of hydrogen-bond donors (Lipinski definition) is 3. The average Bonchev–Trinajstić information content (AvgIpc) is 2.24. The maximum Gasteiger partial charge on any atom is 0.274 e. The van der Waals surface area contributed by atoms with Crippen molar-refractivity contribution in [2.45, 2.75) is 4.90 Å². The molecule has 0 bridgehead atoms. The van der Waals surface area contributed by atoms with Crippen LogP contribution < -0.4 is 15.6 Å². The second kappa shape index (κ2) is 5.88. The van der Waals surface area contributed by atoms with E-state index in [9.17, 15) is 31.3 Å². The minimum atomic E-state index is -4.48. The summed E-state index contributed by atoms with van der Waals surface area (Å²) < 4.78 is 60.4. The molecule has 0 saturated carbocycles. The van der Waals surface area contributed by atoms with Gasteiger partial charge in [0.15, 0.2) is 5.82 Å². The van der Waals surface area contributed by atoms with Crippen LogP contribution in [0.1, 0.15) is 0 Å². The van der Waals surface area contributed by atoms with Gasteiger partial charge in [-0.2, -0.15) is 0 Å². The van der Waals surface area contributed by atoms with E-state index < -0.39 is 59.4 Å². The highest BCUT2D eigenvalue weighted by molar-refractivity contribution is 7.90. The third kappa shape index (κ3) is 4.59. The number of nitrogens with zero attached hydrogens (tertiary/aromatic N) is 1. The van der Waals surface area contributed by atoms with Gasteiger partial charge in [0, 0.05) is 12.6 Å². The quantitative estimate of drug-likeness (QED) is 0.333. The molecule has 1 aromatic carbocycles. The van der Waals surface area contributed by atoms with Gasteiger partial charge in [-0.15, -0.1) is 0 Å². The zero-order chi connectivity index (χ0) is 16.4. The number of benzene rings is 1. The van der Waals surface area contributed by atoms with Crippen molar-refractivity contribution in [3.63, 3.8) is 0 Å². The molecule has 1 aromatic rings. The summed E-state index contributed by atoms with van der Waals surface area (Å²) in [6.07, 6.45) is 0. The number of nitro groups is 1. The number of nitro benzene ring substituents is 1. The Morgan fingerprint density at radius 3 is 2.29 bits per heavy atom. The van der Waals surface area contributed by atoms with Crippen LogP contribution in [0.5, 0.6) is 0 Å². The Balaban J connectivity index is 3.12. The number of nitrogens with two attached hydrogens (primary N) is 2. The van der Waals surface area contributed by atoms with Gasteiger partial charge in [0.25, 0.3) is 5.69 Å². The standard InChI is InChI=1S/C8H11FN4O6S2/c9-6-3-5(13(14)15)4-7(10)8(6)21(18,19)12-1-2-20(11,16)17/h3-4,12H,1-2,10H2,(H2,11,16,17). The molecular formula is C8H11FN4O6S2. The van der Waals surface area contributed by atoms with E-state index in [0.717, 1.165) is 0 Å². The number of nitrogens with one attached hydrogen (secondary N) is 1. The molecule has 10 nitrogen and oxygen atoms in total. The summed E-state index contributed by atoms with van der Waals surface area (Å²) >= 11 is 0. The maximum absolute atomic E-state index is 13.7. The molecule has 13 heteroatoms. The lowest BCUT2D eigenvalue weighted by atomic mass is 10.3. The van der Waals surface area contributed by atoms with Gasteiger partial charge in [0.05, 0.1) is 22.4 Å². The van der Waals surface area contributed by atoms with Crippen LogP contribution in [-0.4, -0.2) is 34.1 Å². The lowest BCUT2D eigenvalue weighted by Gasteiger charge is -2.09. The van der Waals surface area contributed by atoms with E-state index in [1.54, 1.807) is 4.72 Å². The summed E-state index contributed by atoms with van der Waals surface area (Å²) in [4.78, 5) is 8.55. The van der Waals surface area contributed by atoms with Crippen molar-refractivity contribution in [1.82, 2.24) is 4.72 Å². The lowest BCUT2D eigenvalue weighted by molar-refractivity contribution is -0.385. The molecule has 0 spiro atoms. The van der Waals surface area contributed by atoms with Crippen LogP contribution >= 0.6 is 0 Å². The number of hydrogen-bond acceptors (Lipinski definition) is 7. The first-order chi connectivity index (χ1) is 9.44. The summed E-state index contributed by atoms with van der Waals surface area (Å²) in [6, 6.07) is 1.07. The smallest absolute Gasteiger partial charge is 0.274 e. The highest BCUT2D eigenvalue weighted by Gasteiger charge is 2.25. The normalized spacial score (nSPS) is 12.3. The molecule has 0 atom stereocenters. The fraction of sp³-hybridized carbons (Fsp3) is 0.250. The molecule has 5 N–H and O–H groups in total. The number of non-ortho nitro benzene ring substituents is 1. The molecule has 0 aliphatic heterocycles. The van der Waals surface area contributed by atoms with Crippen molar-refractivity contribution in [2.24, 2.45) is 5.14 Å². The molecule has 0 aromatic heterocycles. The van der Waals surface area contributed by atoms with Gasteiger partial charge in [-0.05, 0) is 0 Å². The summed E-state index contributed by atoms with van der Waals surface area (Å²) in [5, 5.41) is 15.2. The first kappa shape index (κ1) is 17.2. The van der Waals surface area contributed by atoms with E-state index >= 15 is 0 Å². The van der Waals surface area contributed by atoms with Crippen molar-refractivity contribution >= 4 is 31.4 Å². The van der Waals surface area contributed by atoms with Crippen LogP contribution in [0.4, 0.5) is 15.8 Å². The Kier molecular flexibility index (Phi) is 4.83. The highest BCUT2D eigenvalue weighted by Crippen LogP contribution is 2.27. The summed E-state index contributed by atoms with van der Waals surface area (Å²) in [6.45, 7) is -0.600. The van der Waals surface area contributed by atoms with E-state index in [0.29, 0.717) is 12.1 Å². The average molecular weight is 342 g/mol. The molecule has 1 rings (SSSR count). The van der Waals surface area contributed by atoms with Gasteiger partial charge in [-0.3, -0.25) is 10.1 Å². The van der Waals surface area contributed by atoms with Gasteiger partial charge < -0.3 is 5.73 Å². The fourth-order valence-electron chi connectivity index (χ4n) is 1.38. The minimum absolute atomic E-state index is 0.393. The third-order valence-corrected chi connectivity index (χ3v) is 4.54. The maximum atomic E-state index is 13.7. The number of nitrogen functional groups attached to an aromatic ring is 1. The molecule has 0 amide bonds. The number of sulfonamides is 2. The van der Waals surface area contributed by atoms with Crippen LogP contribution in [0.25, 0.3) is 0 Å². The lowest BCUT2D eigenvalue weighted by Crippen LogP contribution is -2.32. The zero-order valence-electron chi connectivity index (χ0n) is 10.3. The molecule has 0 radical (unpaired) electrons. The number of rotatable bonds is 6. The van der Waals surface area contributed by atoms with E-state index in [1.165, 1.54) is 0 Å². The predicted octanol–water partition coefficient (Wildman–Crippen LogP) is -1.12. The molecule has 0 saturated heterocycles. The van der Waals surface area contributed by atoms with Gasteiger partial charge >= 0.3 is 0 Å². The number of halogens is 1. The van der Waals surface area contributed by atoms with Crippen molar-refractivity contribution in [1.29, 1.82) is 0 Å². The topological polar surface area (TPSA) is 175 Å². The van der Waals surface area contributed by atoms with Crippen molar-refractivity contribution in [3.05, 3.63) is 28.1 Å². The van der Waals surface area contributed by atoms with Crippen LogP contribution in [0.15, 0.2) is 17.0 Å². The van der Waals surface area contributed by atoms with Crippen molar-refractivity contribution in [3.8, 4) is 0 Å². The Bertz CT molecular complexity index is 753. The van der Waals surface area contributed by atoms with Gasteiger partial charge in [-0.25, -0.2) is 31.1 Å². The first-order valence-electron chi connectivity index (χ1n) is 5.17. The van der Waals surface area contributed by atoms with Crippen LogP contribution in [-0.2, 0) is 20.0 Å². The molecule has 0 aliphatic carbocycles. The second-order valence-corrected chi connectivity index (χ2v) is 7.31. The SMILES string of the molecule is Nc1cc([N+](=O)[O-])cc(F)c1S(=O)(=O)NCCS(N)(=O)=O. The van der Waals surface area contributed by atoms with E-state index in [4.69, 9.17) is 5.73 Å². The Hall–Kier alpha value is -1.83. The number of anilines is 1. The predicted molar refractivity (Wildman–Crippen MR) is 70.6 cm³/mol. The van der Waals surface area contributed by atoms with Crippen LogP contribution in [0.3, 0.4) is 0 Å². The minimum Gasteiger partial charge on any atom is -0.397 e. The molecule has 118 valence electrons. The third-order valence-electron chi connectivity index (χ3n) is 2.22. The Morgan fingerprint density at radius 1 is 1.29 bits per heavy atom. The number of primary sulfonamides is 1. The second-order valence-electron chi connectivity index (χ2n) is 3.87. The molecule has 0 aliphatic rings. The highest BCUT2D eigenvalue weighted by atomic mass is 32.2. The van der Waals surface area contributed by atoms with Crippen LogP contribution in [0.2, 0.25) is 0 Å². The molecule has 21 heavy (non-hydrogen) atoms. The van der Waals surface area contributed by atoms with E-state index in [1.807, 2.05) is 0 Å². The van der Waals surface area contributed by atoms with Crippen molar-refractivity contribution in [2.75, 3.05) is 18.0 Å².